The third kappa shape index (κ3) is 3.85. The summed E-state index contributed by atoms with van der Waals surface area (Å²) in [6, 6.07) is 7.14. The fourth-order valence-electron chi connectivity index (χ4n) is 2.43. The van der Waals surface area contributed by atoms with E-state index in [0.717, 1.165) is 0 Å². The topological polar surface area (TPSA) is 75.3 Å². The van der Waals surface area contributed by atoms with Crippen molar-refractivity contribution in [1.29, 1.82) is 0 Å². The summed E-state index contributed by atoms with van der Waals surface area (Å²) in [6.45, 7) is 4.56. The number of nitrogens with one attached hydrogen (secondary N) is 2. The number of carbonyl (C=O) groups is 1. The number of anilines is 2. The molecule has 0 unspecified atom stereocenters. The summed E-state index contributed by atoms with van der Waals surface area (Å²) >= 11 is 5.67. The second-order valence-electron chi connectivity index (χ2n) is 5.33. The van der Waals surface area contributed by atoms with Gasteiger partial charge in [-0.25, -0.2) is 12.8 Å². The van der Waals surface area contributed by atoms with Crippen molar-refractivity contribution in [2.24, 2.45) is 0 Å². The highest BCUT2D eigenvalue weighted by Gasteiger charge is 2.22. The lowest BCUT2D eigenvalue weighted by Crippen LogP contribution is -2.17. The highest BCUT2D eigenvalue weighted by atomic mass is 35.5. The number of carbonyl (C=O) groups excluding carboxylic acids is 1. The van der Waals surface area contributed by atoms with Crippen molar-refractivity contribution in [1.82, 2.24) is 0 Å². The van der Waals surface area contributed by atoms with E-state index in [1.54, 1.807) is 13.8 Å². The molecule has 2 N–H and O–H groups in total. The van der Waals surface area contributed by atoms with Crippen molar-refractivity contribution in [3.63, 3.8) is 0 Å². The van der Waals surface area contributed by atoms with Crippen LogP contribution in [0.25, 0.3) is 0 Å². The highest BCUT2D eigenvalue weighted by molar-refractivity contribution is 7.92. The van der Waals surface area contributed by atoms with E-state index in [1.807, 2.05) is 0 Å². The molecule has 0 aliphatic rings. The SMILES string of the molecule is CC(=O)Nc1cc(C)c(S(=O)(=O)Nc2cccc(Cl)c2F)c(C)c1. The number of aryl methyl sites for hydroxylation is 2. The van der Waals surface area contributed by atoms with E-state index in [4.69, 9.17) is 11.6 Å². The second kappa shape index (κ2) is 6.78. The van der Waals surface area contributed by atoms with Crippen LogP contribution in [0.4, 0.5) is 15.8 Å². The standard InChI is InChI=1S/C16H16ClFN2O3S/c1-9-7-12(19-11(3)21)8-10(2)16(9)24(22,23)20-14-6-4-5-13(17)15(14)18/h4-8,20H,1-3H3,(H,19,21). The number of benzene rings is 2. The Balaban J connectivity index is 2.46. The lowest BCUT2D eigenvalue weighted by molar-refractivity contribution is -0.114. The number of hydrogen-bond donors (Lipinski definition) is 2. The Morgan fingerprint density at radius 1 is 1.17 bits per heavy atom. The maximum atomic E-state index is 14.0. The quantitative estimate of drug-likeness (QED) is 0.858. The molecular formula is C16H16ClFN2O3S. The highest BCUT2D eigenvalue weighted by Crippen LogP contribution is 2.29. The van der Waals surface area contributed by atoms with Crippen LogP contribution in [0, 0.1) is 19.7 Å². The minimum atomic E-state index is -4.02. The average Bonchev–Trinajstić information content (AvgIpc) is 2.41. The van der Waals surface area contributed by atoms with Gasteiger partial charge in [-0.3, -0.25) is 9.52 Å². The normalized spacial score (nSPS) is 11.2. The van der Waals surface area contributed by atoms with E-state index in [9.17, 15) is 17.6 Å². The molecule has 2 aromatic rings. The molecule has 0 aromatic heterocycles. The molecule has 1 amide bonds. The van der Waals surface area contributed by atoms with E-state index in [-0.39, 0.29) is 21.5 Å². The molecule has 2 aromatic carbocycles. The van der Waals surface area contributed by atoms with Crippen LogP contribution in [-0.2, 0) is 14.8 Å². The summed E-state index contributed by atoms with van der Waals surface area (Å²) < 4.78 is 41.4. The molecule has 128 valence electrons. The van der Waals surface area contributed by atoms with Gasteiger partial charge in [-0.1, -0.05) is 17.7 Å². The molecule has 0 atom stereocenters. The van der Waals surface area contributed by atoms with Gasteiger partial charge in [0.05, 0.1) is 15.6 Å². The van der Waals surface area contributed by atoms with Crippen molar-refractivity contribution < 1.29 is 17.6 Å². The summed E-state index contributed by atoms with van der Waals surface area (Å²) in [5, 5.41) is 2.42. The predicted molar refractivity (Wildman–Crippen MR) is 92.4 cm³/mol. The lowest BCUT2D eigenvalue weighted by Gasteiger charge is -2.15. The summed E-state index contributed by atoms with van der Waals surface area (Å²) in [5.74, 6) is -1.10. The third-order valence-corrected chi connectivity index (χ3v) is 5.21. The number of sulfonamides is 1. The van der Waals surface area contributed by atoms with E-state index < -0.39 is 15.8 Å². The van der Waals surface area contributed by atoms with Gasteiger partial charge in [-0.2, -0.15) is 0 Å². The van der Waals surface area contributed by atoms with E-state index in [2.05, 4.69) is 10.0 Å². The van der Waals surface area contributed by atoms with Gasteiger partial charge in [-0.15, -0.1) is 0 Å². The molecule has 0 fully saturated rings. The average molecular weight is 371 g/mol. The van der Waals surface area contributed by atoms with Crippen molar-refractivity contribution in [2.45, 2.75) is 25.7 Å². The summed E-state index contributed by atoms with van der Waals surface area (Å²) in [4.78, 5) is 11.2. The largest absolute Gasteiger partial charge is 0.326 e. The number of rotatable bonds is 4. The fourth-order valence-corrected chi connectivity index (χ4v) is 4.12. The zero-order valence-corrected chi connectivity index (χ0v) is 14.8. The van der Waals surface area contributed by atoms with Gasteiger partial charge in [-0.05, 0) is 49.2 Å². The Labute approximate surface area is 144 Å². The van der Waals surface area contributed by atoms with Crippen molar-refractivity contribution in [3.8, 4) is 0 Å². The summed E-state index contributed by atoms with van der Waals surface area (Å²) in [7, 11) is -4.02. The Bertz CT molecular complexity index is 891. The maximum absolute atomic E-state index is 14.0. The molecule has 5 nitrogen and oxygen atoms in total. The van der Waals surface area contributed by atoms with E-state index in [1.165, 1.54) is 37.3 Å². The predicted octanol–water partition coefficient (Wildman–Crippen LogP) is 3.86. The molecular weight excluding hydrogens is 355 g/mol. The molecule has 24 heavy (non-hydrogen) atoms. The van der Waals surface area contributed by atoms with Gasteiger partial charge in [0.15, 0.2) is 5.82 Å². The number of amides is 1. The van der Waals surface area contributed by atoms with Crippen molar-refractivity contribution in [3.05, 3.63) is 52.3 Å². The van der Waals surface area contributed by atoms with Crippen LogP contribution in [0.5, 0.6) is 0 Å². The zero-order valence-electron chi connectivity index (χ0n) is 13.3. The maximum Gasteiger partial charge on any atom is 0.262 e. The minimum Gasteiger partial charge on any atom is -0.326 e. The first-order valence-corrected chi connectivity index (χ1v) is 8.83. The molecule has 8 heteroatoms. The van der Waals surface area contributed by atoms with Gasteiger partial charge in [0, 0.05) is 12.6 Å². The molecule has 2 rings (SSSR count). The van der Waals surface area contributed by atoms with Crippen LogP contribution >= 0.6 is 11.6 Å². The van der Waals surface area contributed by atoms with Crippen molar-refractivity contribution in [2.75, 3.05) is 10.0 Å². The second-order valence-corrected chi connectivity index (χ2v) is 7.35. The first-order valence-electron chi connectivity index (χ1n) is 6.97. The van der Waals surface area contributed by atoms with Gasteiger partial charge in [0.1, 0.15) is 0 Å². The molecule has 0 bridgehead atoms. The van der Waals surface area contributed by atoms with Crippen LogP contribution in [0.15, 0.2) is 35.2 Å². The lowest BCUT2D eigenvalue weighted by atomic mass is 10.1. The summed E-state index contributed by atoms with van der Waals surface area (Å²) in [5.41, 5.74) is 1.11. The minimum absolute atomic E-state index is 0.0241. The van der Waals surface area contributed by atoms with Gasteiger partial charge in [0.25, 0.3) is 10.0 Å². The Morgan fingerprint density at radius 2 is 1.75 bits per heavy atom. The first kappa shape index (κ1) is 18.2. The van der Waals surface area contributed by atoms with Crippen molar-refractivity contribution >= 4 is 38.9 Å². The molecule has 0 aliphatic carbocycles. The smallest absolute Gasteiger partial charge is 0.262 e. The molecule has 0 saturated heterocycles. The Hall–Kier alpha value is -2.12. The van der Waals surface area contributed by atoms with Crippen LogP contribution < -0.4 is 10.0 Å². The number of halogens is 2. The Morgan fingerprint density at radius 3 is 2.29 bits per heavy atom. The third-order valence-electron chi connectivity index (χ3n) is 3.25. The Kier molecular flexibility index (Phi) is 5.15. The molecule has 0 saturated carbocycles. The van der Waals surface area contributed by atoms with Gasteiger partial charge in [0.2, 0.25) is 5.91 Å². The molecule has 0 aliphatic heterocycles. The zero-order chi connectivity index (χ0) is 18.1. The summed E-state index contributed by atoms with van der Waals surface area (Å²) in [6.07, 6.45) is 0. The van der Waals surface area contributed by atoms with E-state index in [0.29, 0.717) is 16.8 Å². The van der Waals surface area contributed by atoms with Gasteiger partial charge < -0.3 is 5.32 Å². The first-order chi connectivity index (χ1) is 11.1. The molecule has 0 radical (unpaired) electrons. The number of hydrogen-bond acceptors (Lipinski definition) is 3. The van der Waals surface area contributed by atoms with Gasteiger partial charge >= 0.3 is 0 Å². The molecule has 0 spiro atoms. The molecule has 0 heterocycles. The monoisotopic (exact) mass is 370 g/mol. The fraction of sp³-hybridized carbons (Fsp3) is 0.188. The van der Waals surface area contributed by atoms with Crippen LogP contribution in [-0.4, -0.2) is 14.3 Å². The van der Waals surface area contributed by atoms with E-state index >= 15 is 0 Å². The van der Waals surface area contributed by atoms with Crippen LogP contribution in [0.2, 0.25) is 5.02 Å². The van der Waals surface area contributed by atoms with Crippen LogP contribution in [0.3, 0.4) is 0 Å². The van der Waals surface area contributed by atoms with Crippen LogP contribution in [0.1, 0.15) is 18.1 Å².